The molecule has 0 fully saturated rings. The van der Waals surface area contributed by atoms with Crippen molar-refractivity contribution in [2.45, 2.75) is 19.5 Å². The molecule has 1 rings (SSSR count). The van der Waals surface area contributed by atoms with Crippen LogP contribution in [0.15, 0.2) is 18.2 Å². The summed E-state index contributed by atoms with van der Waals surface area (Å²) in [6.45, 7) is 1.16. The van der Waals surface area contributed by atoms with Crippen LogP contribution in [0.4, 0.5) is 22.0 Å². The molecule has 0 saturated heterocycles. The van der Waals surface area contributed by atoms with E-state index in [0.717, 1.165) is 19.1 Å². The van der Waals surface area contributed by atoms with Gasteiger partial charge in [-0.05, 0) is 12.5 Å². The Morgan fingerprint density at radius 3 is 2.07 bits per heavy atom. The molecule has 0 atom stereocenters. The first-order valence-electron chi connectivity index (χ1n) is 3.79. The minimum Gasteiger partial charge on any atom is -0.205 e. The molecule has 0 radical (unpaired) electrons. The van der Waals surface area contributed by atoms with Gasteiger partial charge in [-0.2, -0.15) is 13.2 Å². The second-order valence-corrected chi connectivity index (χ2v) is 2.84. The average Bonchev–Trinajstić information content (AvgIpc) is 2.01. The molecule has 0 nitrogen and oxygen atoms in total. The molecule has 0 aromatic heterocycles. The molecule has 1 aromatic rings. The zero-order valence-electron chi connectivity index (χ0n) is 7.20. The van der Waals surface area contributed by atoms with Crippen LogP contribution < -0.4 is 0 Å². The molecular formula is C9H7F5. The highest BCUT2D eigenvalue weighted by Crippen LogP contribution is 2.38. The zero-order valence-corrected chi connectivity index (χ0v) is 7.20. The van der Waals surface area contributed by atoms with Gasteiger partial charge in [0.25, 0.3) is 6.43 Å². The van der Waals surface area contributed by atoms with E-state index < -0.39 is 23.7 Å². The summed E-state index contributed by atoms with van der Waals surface area (Å²) in [4.78, 5) is 0. The molecule has 0 heterocycles. The van der Waals surface area contributed by atoms with Gasteiger partial charge in [0.05, 0.1) is 5.56 Å². The number of hydrogen-bond donors (Lipinski definition) is 0. The molecule has 0 aliphatic carbocycles. The highest BCUT2D eigenvalue weighted by atomic mass is 19.4. The monoisotopic (exact) mass is 210 g/mol. The van der Waals surface area contributed by atoms with Crippen molar-refractivity contribution in [2.24, 2.45) is 0 Å². The predicted molar refractivity (Wildman–Crippen MR) is 41.1 cm³/mol. The summed E-state index contributed by atoms with van der Waals surface area (Å²) in [6, 6.07) is 3.14. The van der Waals surface area contributed by atoms with Crippen LogP contribution in [0.1, 0.15) is 23.1 Å². The Bertz CT molecular complexity index is 326. The maximum atomic E-state index is 12.3. The van der Waals surface area contributed by atoms with E-state index in [-0.39, 0.29) is 5.56 Å². The summed E-state index contributed by atoms with van der Waals surface area (Å²) in [5, 5.41) is 0. The molecule has 0 saturated carbocycles. The van der Waals surface area contributed by atoms with E-state index in [1.807, 2.05) is 0 Å². The van der Waals surface area contributed by atoms with Gasteiger partial charge in [-0.25, -0.2) is 8.78 Å². The van der Waals surface area contributed by atoms with Crippen LogP contribution in [-0.4, -0.2) is 0 Å². The molecule has 0 unspecified atom stereocenters. The van der Waals surface area contributed by atoms with Crippen molar-refractivity contribution in [1.29, 1.82) is 0 Å². The average molecular weight is 210 g/mol. The van der Waals surface area contributed by atoms with Crippen molar-refractivity contribution in [3.63, 3.8) is 0 Å². The molecule has 0 bridgehead atoms. The minimum atomic E-state index is -4.73. The van der Waals surface area contributed by atoms with Crippen molar-refractivity contribution in [3.05, 3.63) is 34.9 Å². The smallest absolute Gasteiger partial charge is 0.205 e. The fraction of sp³-hybridized carbons (Fsp3) is 0.333. The lowest BCUT2D eigenvalue weighted by molar-refractivity contribution is -0.140. The SMILES string of the molecule is Cc1cccc(C(F)F)c1C(F)(F)F. The number of aryl methyl sites for hydroxylation is 1. The molecule has 14 heavy (non-hydrogen) atoms. The lowest BCUT2D eigenvalue weighted by atomic mass is 10.0. The van der Waals surface area contributed by atoms with Gasteiger partial charge in [0, 0.05) is 5.56 Å². The molecule has 0 aliphatic rings. The second-order valence-electron chi connectivity index (χ2n) is 2.84. The van der Waals surface area contributed by atoms with Crippen LogP contribution in [0.25, 0.3) is 0 Å². The van der Waals surface area contributed by atoms with Crippen molar-refractivity contribution >= 4 is 0 Å². The third-order valence-electron chi connectivity index (χ3n) is 1.82. The molecule has 0 spiro atoms. The van der Waals surface area contributed by atoms with Crippen molar-refractivity contribution in [2.75, 3.05) is 0 Å². The lowest BCUT2D eigenvalue weighted by Crippen LogP contribution is -2.11. The largest absolute Gasteiger partial charge is 0.417 e. The van der Waals surface area contributed by atoms with Crippen LogP contribution in [0.2, 0.25) is 0 Å². The number of alkyl halides is 5. The standard InChI is InChI=1S/C9H7F5/c1-5-3-2-4-6(8(10)11)7(5)9(12,13)14/h2-4,8H,1H3. The van der Waals surface area contributed by atoms with Crippen molar-refractivity contribution in [3.8, 4) is 0 Å². The molecule has 78 valence electrons. The fourth-order valence-corrected chi connectivity index (χ4v) is 1.26. The van der Waals surface area contributed by atoms with E-state index in [9.17, 15) is 22.0 Å². The molecule has 0 aliphatic heterocycles. The first kappa shape index (κ1) is 10.9. The van der Waals surface area contributed by atoms with Gasteiger partial charge in [0.2, 0.25) is 0 Å². The minimum absolute atomic E-state index is 0.185. The highest BCUT2D eigenvalue weighted by molar-refractivity contribution is 5.37. The Balaban J connectivity index is 3.38. The van der Waals surface area contributed by atoms with Gasteiger partial charge in [-0.15, -0.1) is 0 Å². The summed E-state index contributed by atoms with van der Waals surface area (Å²) in [7, 11) is 0. The Morgan fingerprint density at radius 1 is 1.14 bits per heavy atom. The zero-order chi connectivity index (χ0) is 10.9. The molecule has 0 amide bonds. The van der Waals surface area contributed by atoms with E-state index in [2.05, 4.69) is 0 Å². The normalized spacial score (nSPS) is 12.2. The van der Waals surface area contributed by atoms with Gasteiger partial charge >= 0.3 is 6.18 Å². The van der Waals surface area contributed by atoms with E-state index in [4.69, 9.17) is 0 Å². The van der Waals surface area contributed by atoms with Crippen LogP contribution in [0.3, 0.4) is 0 Å². The van der Waals surface area contributed by atoms with Crippen LogP contribution in [-0.2, 0) is 6.18 Å². The third-order valence-corrected chi connectivity index (χ3v) is 1.82. The van der Waals surface area contributed by atoms with E-state index in [1.54, 1.807) is 0 Å². The highest BCUT2D eigenvalue weighted by Gasteiger charge is 2.36. The first-order valence-corrected chi connectivity index (χ1v) is 3.79. The number of rotatable bonds is 1. The summed E-state index contributed by atoms with van der Waals surface area (Å²) >= 11 is 0. The second kappa shape index (κ2) is 3.55. The Labute approximate surface area is 77.4 Å². The van der Waals surface area contributed by atoms with Gasteiger partial charge in [0.15, 0.2) is 0 Å². The quantitative estimate of drug-likeness (QED) is 0.615. The van der Waals surface area contributed by atoms with Gasteiger partial charge in [0.1, 0.15) is 0 Å². The number of benzene rings is 1. The predicted octanol–water partition coefficient (Wildman–Crippen LogP) is 3.95. The number of halogens is 5. The summed E-state index contributed by atoms with van der Waals surface area (Å²) in [5.74, 6) is 0. The van der Waals surface area contributed by atoms with Crippen LogP contribution in [0.5, 0.6) is 0 Å². The molecule has 5 heteroatoms. The van der Waals surface area contributed by atoms with E-state index >= 15 is 0 Å². The van der Waals surface area contributed by atoms with Gasteiger partial charge < -0.3 is 0 Å². The van der Waals surface area contributed by atoms with E-state index in [1.165, 1.54) is 6.07 Å². The van der Waals surface area contributed by atoms with Crippen molar-refractivity contribution in [1.82, 2.24) is 0 Å². The fourth-order valence-electron chi connectivity index (χ4n) is 1.26. The lowest BCUT2D eigenvalue weighted by Gasteiger charge is -2.14. The summed E-state index contributed by atoms with van der Waals surface area (Å²) < 4.78 is 61.5. The number of hydrogen-bond acceptors (Lipinski definition) is 0. The maximum absolute atomic E-state index is 12.3. The Hall–Kier alpha value is -1.13. The van der Waals surface area contributed by atoms with Gasteiger partial charge in [-0.3, -0.25) is 0 Å². The molecule has 0 N–H and O–H groups in total. The van der Waals surface area contributed by atoms with Crippen molar-refractivity contribution < 1.29 is 22.0 Å². The van der Waals surface area contributed by atoms with Gasteiger partial charge in [-0.1, -0.05) is 18.2 Å². The first-order chi connectivity index (χ1) is 6.34. The summed E-state index contributed by atoms with van der Waals surface area (Å²) in [5.41, 5.74) is -2.37. The van der Waals surface area contributed by atoms with Crippen LogP contribution in [0, 0.1) is 6.92 Å². The third kappa shape index (κ3) is 2.02. The molecule has 1 aromatic carbocycles. The molecular weight excluding hydrogens is 203 g/mol. The van der Waals surface area contributed by atoms with Crippen LogP contribution >= 0.6 is 0 Å². The Morgan fingerprint density at radius 2 is 1.71 bits per heavy atom. The topological polar surface area (TPSA) is 0 Å². The van der Waals surface area contributed by atoms with E-state index in [0.29, 0.717) is 0 Å². The Kier molecular flexibility index (Phi) is 2.78. The maximum Gasteiger partial charge on any atom is 0.417 e. The summed E-state index contributed by atoms with van der Waals surface area (Å²) in [6.07, 6.45) is -7.83.